The largest absolute Gasteiger partial charge is 0.426 e. The van der Waals surface area contributed by atoms with Gasteiger partial charge in [-0.1, -0.05) is 24.3 Å². The zero-order valence-corrected chi connectivity index (χ0v) is 13.5. The molecule has 120 valence electrons. The highest BCUT2D eigenvalue weighted by Gasteiger charge is 2.31. The molecule has 6 heteroatoms. The van der Waals surface area contributed by atoms with Crippen molar-refractivity contribution in [2.75, 3.05) is 19.3 Å². The van der Waals surface area contributed by atoms with E-state index in [0.29, 0.717) is 31.6 Å². The smallest absolute Gasteiger partial charge is 0.315 e. The lowest BCUT2D eigenvalue weighted by Gasteiger charge is -2.29. The lowest BCUT2D eigenvalue weighted by Crippen LogP contribution is -2.42. The molecule has 22 heavy (non-hydrogen) atoms. The zero-order valence-electron chi connectivity index (χ0n) is 12.7. The Morgan fingerprint density at radius 2 is 2.18 bits per heavy atom. The third kappa shape index (κ3) is 4.18. The lowest BCUT2D eigenvalue weighted by molar-refractivity contribution is -0.140. The SMILES string of the molecule is C=CCc1ccccc1OC(=O)[C@@H]1CCCN(S(C)(=O)=O)C1. The van der Waals surface area contributed by atoms with Gasteiger partial charge in [0.2, 0.25) is 10.0 Å². The second kappa shape index (κ2) is 7.07. The monoisotopic (exact) mass is 323 g/mol. The van der Waals surface area contributed by atoms with Crippen LogP contribution in [0.3, 0.4) is 0 Å². The Kier molecular flexibility index (Phi) is 5.37. The van der Waals surface area contributed by atoms with Crippen molar-refractivity contribution in [1.29, 1.82) is 0 Å². The van der Waals surface area contributed by atoms with E-state index in [0.717, 1.165) is 5.56 Å². The van der Waals surface area contributed by atoms with Crippen LogP contribution in [0.4, 0.5) is 0 Å². The van der Waals surface area contributed by atoms with Crippen molar-refractivity contribution < 1.29 is 17.9 Å². The first kappa shape index (κ1) is 16.7. The van der Waals surface area contributed by atoms with Crippen molar-refractivity contribution in [3.63, 3.8) is 0 Å². The molecular formula is C16H21NO4S. The number of sulfonamides is 1. The van der Waals surface area contributed by atoms with Gasteiger partial charge in [-0.3, -0.25) is 4.79 Å². The minimum Gasteiger partial charge on any atom is -0.426 e. The zero-order chi connectivity index (χ0) is 16.2. The number of allylic oxidation sites excluding steroid dienone is 1. The Hall–Kier alpha value is -1.66. The van der Waals surface area contributed by atoms with Crippen LogP contribution in [0.15, 0.2) is 36.9 Å². The number of rotatable bonds is 5. The van der Waals surface area contributed by atoms with Gasteiger partial charge >= 0.3 is 5.97 Å². The predicted octanol–water partition coefficient (Wildman–Crippen LogP) is 1.99. The molecule has 0 spiro atoms. The van der Waals surface area contributed by atoms with Crippen LogP contribution in [-0.4, -0.2) is 38.0 Å². The van der Waals surface area contributed by atoms with Gasteiger partial charge in [-0.05, 0) is 30.9 Å². The fourth-order valence-electron chi connectivity index (χ4n) is 2.56. The Morgan fingerprint density at radius 3 is 2.86 bits per heavy atom. The maximum absolute atomic E-state index is 12.3. The summed E-state index contributed by atoms with van der Waals surface area (Å²) in [5.41, 5.74) is 0.890. The standard InChI is InChI=1S/C16H21NO4S/c1-3-7-13-8-4-5-10-15(13)21-16(18)14-9-6-11-17(12-14)22(2,19)20/h3-5,8,10,14H,1,6-7,9,11-12H2,2H3/t14-/m1/s1. The van der Waals surface area contributed by atoms with Crippen LogP contribution < -0.4 is 4.74 Å². The maximum atomic E-state index is 12.3. The summed E-state index contributed by atoms with van der Waals surface area (Å²) in [4.78, 5) is 12.3. The second-order valence-electron chi connectivity index (χ2n) is 5.48. The van der Waals surface area contributed by atoms with Gasteiger partial charge in [-0.15, -0.1) is 6.58 Å². The summed E-state index contributed by atoms with van der Waals surface area (Å²) in [5, 5.41) is 0. The number of hydrogen-bond donors (Lipinski definition) is 0. The molecule has 1 heterocycles. The number of ether oxygens (including phenoxy) is 1. The minimum atomic E-state index is -3.27. The molecule has 0 radical (unpaired) electrons. The molecule has 1 saturated heterocycles. The number of para-hydroxylation sites is 1. The lowest BCUT2D eigenvalue weighted by atomic mass is 10.00. The van der Waals surface area contributed by atoms with Crippen molar-refractivity contribution >= 4 is 16.0 Å². The molecule has 0 amide bonds. The molecule has 1 aromatic rings. The highest BCUT2D eigenvalue weighted by molar-refractivity contribution is 7.88. The average Bonchev–Trinajstić information content (AvgIpc) is 2.49. The summed E-state index contributed by atoms with van der Waals surface area (Å²) in [7, 11) is -3.27. The average molecular weight is 323 g/mol. The number of carbonyl (C=O) groups is 1. The van der Waals surface area contributed by atoms with Gasteiger partial charge in [0, 0.05) is 13.1 Å². The second-order valence-corrected chi connectivity index (χ2v) is 7.46. The third-order valence-corrected chi connectivity index (χ3v) is 5.00. The number of piperidine rings is 1. The van der Waals surface area contributed by atoms with Crippen LogP contribution in [0.25, 0.3) is 0 Å². The van der Waals surface area contributed by atoms with Gasteiger partial charge in [0.25, 0.3) is 0 Å². The summed E-state index contributed by atoms with van der Waals surface area (Å²) in [5.74, 6) is -0.269. The van der Waals surface area contributed by atoms with Crippen molar-refractivity contribution in [1.82, 2.24) is 4.31 Å². The first-order valence-corrected chi connectivity index (χ1v) is 9.12. The molecule has 0 unspecified atom stereocenters. The molecule has 0 aliphatic carbocycles. The summed E-state index contributed by atoms with van der Waals surface area (Å²) in [6.45, 7) is 4.35. The highest BCUT2D eigenvalue weighted by Crippen LogP contribution is 2.24. The van der Waals surface area contributed by atoms with Crippen LogP contribution in [0.2, 0.25) is 0 Å². The number of esters is 1. The summed E-state index contributed by atoms with van der Waals surface area (Å²) < 4.78 is 30.1. The van der Waals surface area contributed by atoms with E-state index in [9.17, 15) is 13.2 Å². The first-order valence-electron chi connectivity index (χ1n) is 7.27. The molecule has 0 saturated carbocycles. The number of carbonyl (C=O) groups excluding carboxylic acids is 1. The topological polar surface area (TPSA) is 63.7 Å². The van der Waals surface area contributed by atoms with E-state index in [-0.39, 0.29) is 12.5 Å². The third-order valence-electron chi connectivity index (χ3n) is 3.73. The van der Waals surface area contributed by atoms with Crippen molar-refractivity contribution in [3.05, 3.63) is 42.5 Å². The summed E-state index contributed by atoms with van der Waals surface area (Å²) in [6, 6.07) is 7.31. The molecule has 1 fully saturated rings. The van der Waals surface area contributed by atoms with E-state index in [4.69, 9.17) is 4.74 Å². The molecule has 1 aliphatic rings. The molecule has 1 aliphatic heterocycles. The van der Waals surface area contributed by atoms with Crippen LogP contribution in [0, 0.1) is 5.92 Å². The molecule has 5 nitrogen and oxygen atoms in total. The minimum absolute atomic E-state index is 0.196. The van der Waals surface area contributed by atoms with E-state index >= 15 is 0 Å². The Bertz CT molecular complexity index is 654. The van der Waals surface area contributed by atoms with Gasteiger partial charge in [-0.2, -0.15) is 0 Å². The van der Waals surface area contributed by atoms with Gasteiger partial charge in [-0.25, -0.2) is 12.7 Å². The number of hydrogen-bond acceptors (Lipinski definition) is 4. The van der Waals surface area contributed by atoms with Gasteiger partial charge in [0.1, 0.15) is 5.75 Å². The van der Waals surface area contributed by atoms with Crippen molar-refractivity contribution in [2.45, 2.75) is 19.3 Å². The van der Waals surface area contributed by atoms with Gasteiger partial charge in [0.15, 0.2) is 0 Å². The normalized spacial score (nSPS) is 19.6. The fourth-order valence-corrected chi connectivity index (χ4v) is 3.47. The molecule has 1 aromatic carbocycles. The van der Waals surface area contributed by atoms with E-state index in [2.05, 4.69) is 6.58 Å². The first-order chi connectivity index (χ1) is 10.4. The Morgan fingerprint density at radius 1 is 1.45 bits per heavy atom. The van der Waals surface area contributed by atoms with Crippen LogP contribution in [0.1, 0.15) is 18.4 Å². The fraction of sp³-hybridized carbons (Fsp3) is 0.438. The van der Waals surface area contributed by atoms with Crippen LogP contribution >= 0.6 is 0 Å². The quantitative estimate of drug-likeness (QED) is 0.472. The van der Waals surface area contributed by atoms with E-state index in [1.165, 1.54) is 10.6 Å². The number of nitrogens with zero attached hydrogens (tertiary/aromatic N) is 1. The van der Waals surface area contributed by atoms with E-state index in [1.54, 1.807) is 18.2 Å². The molecule has 2 rings (SSSR count). The van der Waals surface area contributed by atoms with E-state index in [1.807, 2.05) is 12.1 Å². The molecule has 0 aromatic heterocycles. The Balaban J connectivity index is 2.08. The summed E-state index contributed by atoms with van der Waals surface area (Å²) in [6.07, 6.45) is 4.85. The van der Waals surface area contributed by atoms with Gasteiger partial charge < -0.3 is 4.74 Å². The van der Waals surface area contributed by atoms with Crippen LogP contribution in [0.5, 0.6) is 5.75 Å². The van der Waals surface area contributed by atoms with Crippen LogP contribution in [-0.2, 0) is 21.2 Å². The maximum Gasteiger partial charge on any atom is 0.315 e. The predicted molar refractivity (Wildman–Crippen MR) is 85.1 cm³/mol. The van der Waals surface area contributed by atoms with Gasteiger partial charge in [0.05, 0.1) is 12.2 Å². The summed E-state index contributed by atoms with van der Waals surface area (Å²) >= 11 is 0. The number of benzene rings is 1. The molecule has 0 N–H and O–H groups in total. The van der Waals surface area contributed by atoms with Crippen molar-refractivity contribution in [3.8, 4) is 5.75 Å². The Labute approximate surface area is 131 Å². The molecule has 0 bridgehead atoms. The van der Waals surface area contributed by atoms with Crippen molar-refractivity contribution in [2.24, 2.45) is 5.92 Å². The van der Waals surface area contributed by atoms with E-state index < -0.39 is 15.9 Å². The highest BCUT2D eigenvalue weighted by atomic mass is 32.2. The molecular weight excluding hydrogens is 302 g/mol. The molecule has 1 atom stereocenters.